The van der Waals surface area contributed by atoms with Gasteiger partial charge in [0.05, 0.1) is 9.37 Å². The fourth-order valence-corrected chi connectivity index (χ4v) is 3.90. The van der Waals surface area contributed by atoms with Crippen LogP contribution >= 0.6 is 50.5 Å². The Morgan fingerprint density at radius 1 is 1.45 bits per heavy atom. The van der Waals surface area contributed by atoms with Crippen LogP contribution in [0.4, 0.5) is 0 Å². The molecular formula is C4BrCl2O2S2-. The van der Waals surface area contributed by atoms with Gasteiger partial charge in [-0.15, -0.1) is 11.3 Å². The third kappa shape index (κ3) is 1.96. The van der Waals surface area contributed by atoms with Crippen molar-refractivity contribution in [2.75, 3.05) is 0 Å². The predicted octanol–water partition coefficient (Wildman–Crippen LogP) is 3.06. The van der Waals surface area contributed by atoms with Gasteiger partial charge in [0.25, 0.3) is 0 Å². The molecule has 1 aromatic heterocycles. The molecule has 0 radical (unpaired) electrons. The van der Waals surface area contributed by atoms with E-state index in [0.29, 0.717) is 8.81 Å². The van der Waals surface area contributed by atoms with Gasteiger partial charge in [0.1, 0.15) is 8.67 Å². The highest BCUT2D eigenvalue weighted by molar-refractivity contribution is 9.10. The monoisotopic (exact) mass is 293 g/mol. The van der Waals surface area contributed by atoms with Crippen molar-refractivity contribution in [2.45, 2.75) is 4.90 Å². The van der Waals surface area contributed by atoms with Crippen molar-refractivity contribution in [3.63, 3.8) is 0 Å². The minimum atomic E-state index is -2.33. The van der Waals surface area contributed by atoms with Gasteiger partial charge < -0.3 is 4.55 Å². The largest absolute Gasteiger partial charge is 0.768 e. The van der Waals surface area contributed by atoms with Crippen molar-refractivity contribution < 1.29 is 8.76 Å². The molecule has 0 fully saturated rings. The second-order valence-corrected chi connectivity index (χ2v) is 5.42. The molecule has 1 rings (SSSR count). The Labute approximate surface area is 87.9 Å². The van der Waals surface area contributed by atoms with Gasteiger partial charge in [0.15, 0.2) is 0 Å². The molecule has 1 aromatic rings. The van der Waals surface area contributed by atoms with Crippen molar-refractivity contribution in [2.24, 2.45) is 0 Å². The summed E-state index contributed by atoms with van der Waals surface area (Å²) >= 11 is 12.8. The summed E-state index contributed by atoms with van der Waals surface area (Å²) in [7, 11) is 0. The Morgan fingerprint density at radius 2 is 2.00 bits per heavy atom. The minimum Gasteiger partial charge on any atom is -0.768 e. The molecule has 0 amide bonds. The Bertz CT molecular complexity index is 311. The van der Waals surface area contributed by atoms with Crippen LogP contribution in [0.5, 0.6) is 0 Å². The summed E-state index contributed by atoms with van der Waals surface area (Å²) in [4.78, 5) is 0.0293. The summed E-state index contributed by atoms with van der Waals surface area (Å²) in [5.74, 6) is 0. The van der Waals surface area contributed by atoms with Gasteiger partial charge >= 0.3 is 0 Å². The van der Waals surface area contributed by atoms with Gasteiger partial charge in [-0.25, -0.2) is 0 Å². The second-order valence-electron chi connectivity index (χ2n) is 1.53. The Hall–Kier alpha value is 0.870. The van der Waals surface area contributed by atoms with Gasteiger partial charge in [-0.3, -0.25) is 4.21 Å². The highest BCUT2D eigenvalue weighted by Crippen LogP contribution is 2.41. The molecule has 0 saturated carbocycles. The summed E-state index contributed by atoms with van der Waals surface area (Å²) < 4.78 is 21.8. The molecule has 0 saturated heterocycles. The molecule has 0 aliphatic heterocycles. The predicted molar refractivity (Wildman–Crippen MR) is 49.2 cm³/mol. The van der Waals surface area contributed by atoms with Crippen LogP contribution in [0.25, 0.3) is 0 Å². The van der Waals surface area contributed by atoms with Gasteiger partial charge in [-0.2, -0.15) is 0 Å². The van der Waals surface area contributed by atoms with E-state index in [1.807, 2.05) is 0 Å². The Kier molecular flexibility index (Phi) is 3.37. The quantitative estimate of drug-likeness (QED) is 0.747. The molecule has 1 unspecified atom stereocenters. The number of hydrogen-bond acceptors (Lipinski definition) is 3. The summed E-state index contributed by atoms with van der Waals surface area (Å²) in [6.45, 7) is 0. The van der Waals surface area contributed by atoms with Crippen LogP contribution < -0.4 is 0 Å². The maximum absolute atomic E-state index is 10.5. The first-order valence-electron chi connectivity index (χ1n) is 2.26. The van der Waals surface area contributed by atoms with Crippen LogP contribution in [0.2, 0.25) is 8.67 Å². The number of rotatable bonds is 1. The molecule has 1 heterocycles. The van der Waals surface area contributed by atoms with E-state index in [1.54, 1.807) is 0 Å². The van der Waals surface area contributed by atoms with Crippen LogP contribution in [0, 0.1) is 0 Å². The zero-order valence-electron chi connectivity index (χ0n) is 4.77. The van der Waals surface area contributed by atoms with Crippen LogP contribution in [0.1, 0.15) is 0 Å². The maximum Gasteiger partial charge on any atom is 0.111 e. The van der Waals surface area contributed by atoms with E-state index < -0.39 is 11.1 Å². The van der Waals surface area contributed by atoms with Gasteiger partial charge in [0.2, 0.25) is 0 Å². The zero-order chi connectivity index (χ0) is 8.59. The van der Waals surface area contributed by atoms with Crippen molar-refractivity contribution in [3.05, 3.63) is 13.1 Å². The third-order valence-corrected chi connectivity index (χ3v) is 5.03. The van der Waals surface area contributed by atoms with Crippen LogP contribution in [-0.4, -0.2) is 8.76 Å². The molecule has 0 aliphatic carbocycles. The summed E-state index contributed by atoms with van der Waals surface area (Å²) in [6, 6.07) is 0. The highest BCUT2D eigenvalue weighted by atomic mass is 79.9. The molecule has 1 atom stereocenters. The lowest BCUT2D eigenvalue weighted by atomic mass is 10.7. The molecule has 62 valence electrons. The van der Waals surface area contributed by atoms with E-state index in [9.17, 15) is 8.76 Å². The van der Waals surface area contributed by atoms with Gasteiger partial charge in [-0.05, 0) is 27.0 Å². The standard InChI is InChI=1S/C4HBrCl2O2S2/c5-1-2(11(8)9)4(7)10-3(1)6/h(H,8,9)/p-1. The molecule has 11 heavy (non-hydrogen) atoms. The molecule has 0 aromatic carbocycles. The van der Waals surface area contributed by atoms with E-state index in [2.05, 4.69) is 15.9 Å². The summed E-state index contributed by atoms with van der Waals surface area (Å²) in [5, 5.41) is 0. The van der Waals surface area contributed by atoms with E-state index >= 15 is 0 Å². The lowest BCUT2D eigenvalue weighted by Crippen LogP contribution is -1.86. The fraction of sp³-hybridized carbons (Fsp3) is 0. The SMILES string of the molecule is O=S([O-])c1c(Cl)sc(Cl)c1Br. The average molecular weight is 295 g/mol. The lowest BCUT2D eigenvalue weighted by Gasteiger charge is -2.02. The summed E-state index contributed by atoms with van der Waals surface area (Å²) in [6.07, 6.45) is 0. The van der Waals surface area contributed by atoms with Crippen LogP contribution in [-0.2, 0) is 11.1 Å². The molecule has 7 heteroatoms. The van der Waals surface area contributed by atoms with Crippen LogP contribution in [0.3, 0.4) is 0 Å². The first-order chi connectivity index (χ1) is 5.04. The minimum absolute atomic E-state index is 0.0293. The molecular weight excluding hydrogens is 295 g/mol. The van der Waals surface area contributed by atoms with Gasteiger partial charge in [0, 0.05) is 0 Å². The smallest absolute Gasteiger partial charge is 0.111 e. The topological polar surface area (TPSA) is 40.1 Å². The first kappa shape index (κ1) is 9.95. The van der Waals surface area contributed by atoms with E-state index in [4.69, 9.17) is 23.2 Å². The zero-order valence-corrected chi connectivity index (χ0v) is 9.50. The first-order valence-corrected chi connectivity index (χ1v) is 5.70. The number of halogens is 3. The molecule has 0 aliphatic rings. The maximum atomic E-state index is 10.5. The molecule has 0 bridgehead atoms. The normalized spacial score (nSPS) is 13.5. The molecule has 2 nitrogen and oxygen atoms in total. The van der Waals surface area contributed by atoms with E-state index in [1.165, 1.54) is 0 Å². The lowest BCUT2D eigenvalue weighted by molar-refractivity contribution is 0.537. The number of hydrogen-bond donors (Lipinski definition) is 0. The average Bonchev–Trinajstić information content (AvgIpc) is 2.07. The Balaban J connectivity index is 3.34. The van der Waals surface area contributed by atoms with Crippen molar-refractivity contribution in [3.8, 4) is 0 Å². The summed E-state index contributed by atoms with van der Waals surface area (Å²) in [5.41, 5.74) is 0. The fourth-order valence-electron chi connectivity index (χ4n) is 0.484. The van der Waals surface area contributed by atoms with Crippen molar-refractivity contribution in [1.82, 2.24) is 0 Å². The Morgan fingerprint density at radius 3 is 2.18 bits per heavy atom. The van der Waals surface area contributed by atoms with E-state index in [-0.39, 0.29) is 9.23 Å². The van der Waals surface area contributed by atoms with Gasteiger partial charge in [-0.1, -0.05) is 23.2 Å². The highest BCUT2D eigenvalue weighted by Gasteiger charge is 2.13. The third-order valence-electron chi connectivity index (χ3n) is 0.896. The van der Waals surface area contributed by atoms with E-state index in [0.717, 1.165) is 11.3 Å². The van der Waals surface area contributed by atoms with Crippen LogP contribution in [0.15, 0.2) is 9.37 Å². The number of thiophene rings is 1. The molecule has 0 N–H and O–H groups in total. The second kappa shape index (κ2) is 3.72. The van der Waals surface area contributed by atoms with Crippen molar-refractivity contribution in [1.29, 1.82) is 0 Å². The molecule has 0 spiro atoms. The van der Waals surface area contributed by atoms with Crippen molar-refractivity contribution >= 4 is 61.5 Å².